The number of carbonyl (C=O) groups is 3. The van der Waals surface area contributed by atoms with Crippen LogP contribution in [0.1, 0.15) is 35.7 Å². The number of benzene rings is 2. The van der Waals surface area contributed by atoms with Gasteiger partial charge in [0.05, 0.1) is 11.7 Å². The Morgan fingerprint density at radius 1 is 1.04 bits per heavy atom. The normalized spacial score (nSPS) is 14.0. The van der Waals surface area contributed by atoms with E-state index in [0.29, 0.717) is 11.6 Å². The zero-order valence-corrected chi connectivity index (χ0v) is 16.9. The van der Waals surface area contributed by atoms with Gasteiger partial charge in [-0.2, -0.15) is 0 Å². The minimum Gasteiger partial charge on any atom is -0.545 e. The van der Waals surface area contributed by atoms with Gasteiger partial charge in [0.15, 0.2) is 0 Å². The third-order valence-electron chi connectivity index (χ3n) is 4.18. The summed E-state index contributed by atoms with van der Waals surface area (Å²) < 4.78 is 0. The molecule has 0 atom stereocenters. The van der Waals surface area contributed by atoms with Crippen LogP contribution in [0.3, 0.4) is 0 Å². The predicted octanol–water partition coefficient (Wildman–Crippen LogP) is -0.849. The summed E-state index contributed by atoms with van der Waals surface area (Å²) in [4.78, 5) is 38.4. The van der Waals surface area contributed by atoms with E-state index in [9.17, 15) is 19.5 Å². The van der Waals surface area contributed by atoms with E-state index < -0.39 is 17.9 Å². The van der Waals surface area contributed by atoms with E-state index in [4.69, 9.17) is 0 Å². The average molecular weight is 360 g/mol. The summed E-state index contributed by atoms with van der Waals surface area (Å²) >= 11 is 0. The van der Waals surface area contributed by atoms with Gasteiger partial charge in [0.1, 0.15) is 6.54 Å². The second kappa shape index (κ2) is 8.03. The van der Waals surface area contributed by atoms with Gasteiger partial charge in [-0.1, -0.05) is 38.1 Å². The molecule has 0 aromatic heterocycles. The Labute approximate surface area is 173 Å². The smallest absolute Gasteiger partial charge is 0.545 e. The van der Waals surface area contributed by atoms with Gasteiger partial charge in [-0.15, -0.1) is 0 Å². The molecule has 0 aliphatic carbocycles. The van der Waals surface area contributed by atoms with E-state index in [0.717, 1.165) is 10.5 Å². The molecule has 0 bridgehead atoms. The number of anilines is 2. The SMILES string of the molecule is CC(C)c1ccc(N2CC(=O)N(c3cccc(C(=O)[O-])c3)C2=O)cc1.[Na+]. The van der Waals surface area contributed by atoms with Gasteiger partial charge in [-0.3, -0.25) is 9.69 Å². The first-order valence-electron chi connectivity index (χ1n) is 7.94. The Hall–Kier alpha value is -2.15. The maximum atomic E-state index is 12.7. The Morgan fingerprint density at radius 3 is 2.27 bits per heavy atom. The molecule has 1 heterocycles. The van der Waals surface area contributed by atoms with Crippen molar-refractivity contribution in [3.05, 3.63) is 59.7 Å². The summed E-state index contributed by atoms with van der Waals surface area (Å²) in [6.45, 7) is 4.06. The number of amides is 3. The van der Waals surface area contributed by atoms with Crippen molar-refractivity contribution in [3.63, 3.8) is 0 Å². The minimum absolute atomic E-state index is 0. The Morgan fingerprint density at radius 2 is 1.69 bits per heavy atom. The second-order valence-corrected chi connectivity index (χ2v) is 6.18. The molecule has 1 fully saturated rings. The number of hydrogen-bond acceptors (Lipinski definition) is 4. The van der Waals surface area contributed by atoms with Crippen LogP contribution in [0.15, 0.2) is 48.5 Å². The first kappa shape index (κ1) is 20.2. The number of aromatic carboxylic acids is 1. The first-order valence-corrected chi connectivity index (χ1v) is 7.94. The molecule has 0 saturated carbocycles. The van der Waals surface area contributed by atoms with Crippen LogP contribution in [0, 0.1) is 0 Å². The van der Waals surface area contributed by atoms with Crippen molar-refractivity contribution in [3.8, 4) is 0 Å². The van der Waals surface area contributed by atoms with Crippen LogP contribution >= 0.6 is 0 Å². The standard InChI is InChI=1S/C19H18N2O4.Na/c1-12(2)13-6-8-15(9-7-13)20-11-17(22)21(19(20)25)16-5-3-4-14(10-16)18(23)24;/h3-10,12H,11H2,1-2H3,(H,23,24);/q;+1/p-1. The van der Waals surface area contributed by atoms with Gasteiger partial charge in [-0.25, -0.2) is 9.69 Å². The molecule has 1 aliphatic heterocycles. The topological polar surface area (TPSA) is 80.8 Å². The van der Waals surface area contributed by atoms with Crippen LogP contribution in [0.5, 0.6) is 0 Å². The zero-order chi connectivity index (χ0) is 18.1. The number of carbonyl (C=O) groups excluding carboxylic acids is 3. The fourth-order valence-electron chi connectivity index (χ4n) is 2.77. The summed E-state index contributed by atoms with van der Waals surface area (Å²) in [6, 6.07) is 12.6. The molecule has 128 valence electrons. The summed E-state index contributed by atoms with van der Waals surface area (Å²) in [5.41, 5.74) is 1.90. The predicted molar refractivity (Wildman–Crippen MR) is 91.5 cm³/mol. The first-order chi connectivity index (χ1) is 11.9. The molecule has 6 nitrogen and oxygen atoms in total. The molecule has 1 saturated heterocycles. The number of carboxylic acids is 1. The molecule has 2 aromatic carbocycles. The fraction of sp³-hybridized carbons (Fsp3) is 0.211. The Balaban J connectivity index is 0.00000243. The molecule has 0 N–H and O–H groups in total. The van der Waals surface area contributed by atoms with E-state index >= 15 is 0 Å². The minimum atomic E-state index is -1.36. The number of imide groups is 1. The van der Waals surface area contributed by atoms with Crippen molar-refractivity contribution in [2.24, 2.45) is 0 Å². The largest absolute Gasteiger partial charge is 1.00 e. The number of rotatable bonds is 4. The van der Waals surface area contributed by atoms with Crippen LogP contribution in [-0.2, 0) is 4.79 Å². The number of carboxylic acid groups (broad SMARTS) is 1. The molecule has 0 spiro atoms. The molecule has 3 amide bonds. The molecule has 3 rings (SSSR count). The molecule has 2 aromatic rings. The second-order valence-electron chi connectivity index (χ2n) is 6.18. The van der Waals surface area contributed by atoms with Crippen molar-refractivity contribution >= 4 is 29.3 Å². The molecule has 0 unspecified atom stereocenters. The monoisotopic (exact) mass is 360 g/mol. The summed E-state index contributed by atoms with van der Waals surface area (Å²) in [5.74, 6) is -1.40. The van der Waals surface area contributed by atoms with Crippen molar-refractivity contribution in [2.75, 3.05) is 16.3 Å². The third-order valence-corrected chi connectivity index (χ3v) is 4.18. The Bertz CT molecular complexity index is 849. The van der Waals surface area contributed by atoms with Crippen molar-refractivity contribution < 1.29 is 49.0 Å². The van der Waals surface area contributed by atoms with E-state index in [1.54, 1.807) is 0 Å². The number of urea groups is 1. The number of nitrogens with zero attached hydrogens (tertiary/aromatic N) is 2. The van der Waals surface area contributed by atoms with Gasteiger partial charge in [0.2, 0.25) is 0 Å². The van der Waals surface area contributed by atoms with E-state index in [1.165, 1.54) is 29.2 Å². The summed E-state index contributed by atoms with van der Waals surface area (Å²) in [5, 5.41) is 11.0. The molecule has 7 heteroatoms. The zero-order valence-electron chi connectivity index (χ0n) is 14.9. The molecule has 0 radical (unpaired) electrons. The van der Waals surface area contributed by atoms with Crippen molar-refractivity contribution in [1.29, 1.82) is 0 Å². The maximum absolute atomic E-state index is 12.7. The van der Waals surface area contributed by atoms with Gasteiger partial charge >= 0.3 is 35.6 Å². The van der Waals surface area contributed by atoms with Gasteiger partial charge in [0.25, 0.3) is 5.91 Å². The summed E-state index contributed by atoms with van der Waals surface area (Å²) in [6.07, 6.45) is 0. The van der Waals surface area contributed by atoms with E-state index in [-0.39, 0.29) is 47.4 Å². The van der Waals surface area contributed by atoms with E-state index in [1.807, 2.05) is 24.3 Å². The van der Waals surface area contributed by atoms with Gasteiger partial charge in [-0.05, 0) is 41.3 Å². The van der Waals surface area contributed by atoms with Crippen LogP contribution in [0.4, 0.5) is 16.2 Å². The van der Waals surface area contributed by atoms with Gasteiger partial charge < -0.3 is 9.90 Å². The average Bonchev–Trinajstić information content (AvgIpc) is 2.89. The fourth-order valence-corrected chi connectivity index (χ4v) is 2.77. The molecular weight excluding hydrogens is 343 g/mol. The number of hydrogen-bond donors (Lipinski definition) is 0. The van der Waals surface area contributed by atoms with Crippen LogP contribution in [0.2, 0.25) is 0 Å². The maximum Gasteiger partial charge on any atom is 1.00 e. The third kappa shape index (κ3) is 3.82. The van der Waals surface area contributed by atoms with Crippen molar-refractivity contribution in [1.82, 2.24) is 0 Å². The quantitative estimate of drug-likeness (QED) is 0.526. The Kier molecular flexibility index (Phi) is 6.23. The molecule has 26 heavy (non-hydrogen) atoms. The van der Waals surface area contributed by atoms with Gasteiger partial charge in [0, 0.05) is 5.69 Å². The van der Waals surface area contributed by atoms with E-state index in [2.05, 4.69) is 13.8 Å². The molecule has 1 aliphatic rings. The summed E-state index contributed by atoms with van der Waals surface area (Å²) in [7, 11) is 0. The van der Waals surface area contributed by atoms with Crippen LogP contribution in [-0.4, -0.2) is 24.5 Å². The van der Waals surface area contributed by atoms with Crippen LogP contribution in [0.25, 0.3) is 0 Å². The van der Waals surface area contributed by atoms with Crippen LogP contribution < -0.4 is 44.5 Å². The molecular formula is C19H17N2NaO4. The van der Waals surface area contributed by atoms with Crippen molar-refractivity contribution in [2.45, 2.75) is 19.8 Å².